The molecule has 0 saturated carbocycles. The molecule has 0 amide bonds. The molecule has 0 bridgehead atoms. The van der Waals surface area contributed by atoms with E-state index < -0.39 is 5.60 Å². The van der Waals surface area contributed by atoms with Crippen LogP contribution in [-0.4, -0.2) is 16.0 Å². The lowest BCUT2D eigenvalue weighted by Gasteiger charge is -2.37. The van der Waals surface area contributed by atoms with E-state index >= 15 is 0 Å². The van der Waals surface area contributed by atoms with Crippen molar-refractivity contribution in [3.63, 3.8) is 0 Å². The van der Waals surface area contributed by atoms with Crippen LogP contribution in [-0.2, 0) is 0 Å². The summed E-state index contributed by atoms with van der Waals surface area (Å²) in [6.45, 7) is 4.39. The van der Waals surface area contributed by atoms with Crippen LogP contribution < -0.4 is 0 Å². The molecule has 0 fully saturated rings. The quantitative estimate of drug-likeness (QED) is 0.646. The van der Waals surface area contributed by atoms with Crippen LogP contribution in [0.4, 0.5) is 0 Å². The Balaban J connectivity index is 2.18. The highest BCUT2D eigenvalue weighted by atomic mass is 32.2. The summed E-state index contributed by atoms with van der Waals surface area (Å²) in [6, 6.07) is 10.4. The first-order chi connectivity index (χ1) is 8.62. The van der Waals surface area contributed by atoms with Crippen molar-refractivity contribution in [2.45, 2.75) is 48.9 Å². The molecule has 1 aromatic rings. The Kier molecular flexibility index (Phi) is 4.52. The molecule has 0 spiro atoms. The van der Waals surface area contributed by atoms with E-state index in [-0.39, 0.29) is 5.25 Å². The Hall–Kier alpha value is -0.730. The molecule has 1 N–H and O–H groups in total. The Morgan fingerprint density at radius 2 is 1.94 bits per heavy atom. The lowest BCUT2D eigenvalue weighted by molar-refractivity contribution is 0.0600. The largest absolute Gasteiger partial charge is 0.385 e. The van der Waals surface area contributed by atoms with Crippen molar-refractivity contribution in [2.24, 2.45) is 5.92 Å². The third-order valence-corrected chi connectivity index (χ3v) is 5.21. The smallest absolute Gasteiger partial charge is 0.0951 e. The zero-order chi connectivity index (χ0) is 13.0. The third-order valence-electron chi connectivity index (χ3n) is 3.46. The Morgan fingerprint density at radius 3 is 2.50 bits per heavy atom. The van der Waals surface area contributed by atoms with Crippen LogP contribution in [0.5, 0.6) is 0 Å². The average molecular weight is 262 g/mol. The van der Waals surface area contributed by atoms with E-state index in [1.54, 1.807) is 11.8 Å². The summed E-state index contributed by atoms with van der Waals surface area (Å²) < 4.78 is 0. The first-order valence-electron chi connectivity index (χ1n) is 6.73. The second kappa shape index (κ2) is 5.94. The Bertz CT molecular complexity index is 399. The van der Waals surface area contributed by atoms with Gasteiger partial charge >= 0.3 is 0 Å². The maximum absolute atomic E-state index is 10.9. The summed E-state index contributed by atoms with van der Waals surface area (Å²) in [6.07, 6.45) is 7.22. The molecule has 1 nitrogen and oxygen atoms in total. The zero-order valence-electron chi connectivity index (χ0n) is 11.2. The van der Waals surface area contributed by atoms with E-state index in [0.717, 1.165) is 19.3 Å². The molecule has 1 aliphatic rings. The zero-order valence-corrected chi connectivity index (χ0v) is 12.0. The first kappa shape index (κ1) is 13.7. The highest BCUT2D eigenvalue weighted by molar-refractivity contribution is 8.00. The average Bonchev–Trinajstić information content (AvgIpc) is 2.37. The summed E-state index contributed by atoms with van der Waals surface area (Å²) in [5.41, 5.74) is -0.646. The van der Waals surface area contributed by atoms with E-state index in [1.165, 1.54) is 4.90 Å². The molecular formula is C16H22OS. The number of thioether (sulfide) groups is 1. The lowest BCUT2D eigenvalue weighted by Crippen LogP contribution is -2.42. The van der Waals surface area contributed by atoms with Gasteiger partial charge in [0.15, 0.2) is 0 Å². The molecule has 0 aromatic heterocycles. The third kappa shape index (κ3) is 3.18. The van der Waals surface area contributed by atoms with Crippen LogP contribution >= 0.6 is 11.8 Å². The van der Waals surface area contributed by atoms with Crippen LogP contribution in [0.3, 0.4) is 0 Å². The fourth-order valence-corrected chi connectivity index (χ4v) is 3.85. The molecule has 2 atom stereocenters. The molecule has 2 heteroatoms. The number of hydrogen-bond acceptors (Lipinski definition) is 2. The highest BCUT2D eigenvalue weighted by Crippen LogP contribution is 2.40. The maximum atomic E-state index is 10.9. The van der Waals surface area contributed by atoms with Gasteiger partial charge in [0.05, 0.1) is 5.60 Å². The van der Waals surface area contributed by atoms with Gasteiger partial charge < -0.3 is 5.11 Å². The van der Waals surface area contributed by atoms with Crippen molar-refractivity contribution >= 4 is 11.8 Å². The van der Waals surface area contributed by atoms with Crippen LogP contribution in [0.15, 0.2) is 47.4 Å². The first-order valence-corrected chi connectivity index (χ1v) is 7.61. The molecule has 0 radical (unpaired) electrons. The van der Waals surface area contributed by atoms with E-state index in [4.69, 9.17) is 0 Å². The van der Waals surface area contributed by atoms with Crippen LogP contribution in [0, 0.1) is 5.92 Å². The van der Waals surface area contributed by atoms with Crippen molar-refractivity contribution in [1.82, 2.24) is 0 Å². The van der Waals surface area contributed by atoms with E-state index in [1.807, 2.05) is 12.1 Å². The normalized spacial score (nSPS) is 25.3. The van der Waals surface area contributed by atoms with Gasteiger partial charge in [-0.3, -0.25) is 0 Å². The lowest BCUT2D eigenvalue weighted by atomic mass is 9.83. The molecule has 1 aliphatic carbocycles. The maximum Gasteiger partial charge on any atom is 0.0951 e. The summed E-state index contributed by atoms with van der Waals surface area (Å²) in [5.74, 6) is 0.447. The molecule has 0 saturated heterocycles. The standard InChI is InChI=1S/C16H22OS/c1-13(2)15(16(17)11-7-4-8-12-16)18-14-9-5-3-6-10-14/h3,5-7,9-11,13,15,17H,4,8,12H2,1-2H3. The van der Waals surface area contributed by atoms with E-state index in [9.17, 15) is 5.11 Å². The predicted octanol–water partition coefficient (Wildman–Crippen LogP) is 4.27. The van der Waals surface area contributed by atoms with Gasteiger partial charge in [-0.25, -0.2) is 0 Å². The SMILES string of the molecule is CC(C)C(Sc1ccccc1)C1(O)C=CCCC1. The van der Waals surface area contributed by atoms with Crippen molar-refractivity contribution in [2.75, 3.05) is 0 Å². The Morgan fingerprint density at radius 1 is 1.22 bits per heavy atom. The molecule has 18 heavy (non-hydrogen) atoms. The van der Waals surface area contributed by atoms with Crippen molar-refractivity contribution in [3.8, 4) is 0 Å². The Labute approximate surface area is 114 Å². The van der Waals surface area contributed by atoms with Gasteiger partial charge in [-0.05, 0) is 37.3 Å². The molecule has 1 aromatic carbocycles. The topological polar surface area (TPSA) is 20.2 Å². The molecule has 2 rings (SSSR count). The fraction of sp³-hybridized carbons (Fsp3) is 0.500. The summed E-state index contributed by atoms with van der Waals surface area (Å²) in [4.78, 5) is 1.24. The van der Waals surface area contributed by atoms with Gasteiger partial charge in [0.25, 0.3) is 0 Å². The number of hydrogen-bond donors (Lipinski definition) is 1. The predicted molar refractivity (Wildman–Crippen MR) is 78.9 cm³/mol. The minimum Gasteiger partial charge on any atom is -0.385 e. The fourth-order valence-electron chi connectivity index (χ4n) is 2.57. The molecule has 2 unspecified atom stereocenters. The summed E-state index contributed by atoms with van der Waals surface area (Å²) in [7, 11) is 0. The second-order valence-electron chi connectivity index (χ2n) is 5.38. The van der Waals surface area contributed by atoms with Crippen molar-refractivity contribution < 1.29 is 5.11 Å². The highest BCUT2D eigenvalue weighted by Gasteiger charge is 2.37. The van der Waals surface area contributed by atoms with Crippen LogP contribution in [0.1, 0.15) is 33.1 Å². The number of rotatable bonds is 4. The summed E-state index contributed by atoms with van der Waals surface area (Å²) >= 11 is 1.80. The molecular weight excluding hydrogens is 240 g/mol. The van der Waals surface area contributed by atoms with Gasteiger partial charge in [0.2, 0.25) is 0 Å². The number of aliphatic hydroxyl groups is 1. The summed E-state index contributed by atoms with van der Waals surface area (Å²) in [5, 5.41) is 11.1. The minimum atomic E-state index is -0.646. The molecule has 98 valence electrons. The monoisotopic (exact) mass is 262 g/mol. The van der Waals surface area contributed by atoms with Crippen molar-refractivity contribution in [3.05, 3.63) is 42.5 Å². The molecule has 0 heterocycles. The van der Waals surface area contributed by atoms with Gasteiger partial charge in [0, 0.05) is 10.1 Å². The molecule has 0 aliphatic heterocycles. The second-order valence-corrected chi connectivity index (χ2v) is 6.60. The van der Waals surface area contributed by atoms with Gasteiger partial charge in [-0.1, -0.05) is 44.2 Å². The van der Waals surface area contributed by atoms with E-state index in [0.29, 0.717) is 5.92 Å². The van der Waals surface area contributed by atoms with Gasteiger partial charge in [-0.2, -0.15) is 0 Å². The van der Waals surface area contributed by atoms with Gasteiger partial charge in [-0.15, -0.1) is 11.8 Å². The van der Waals surface area contributed by atoms with E-state index in [2.05, 4.69) is 44.2 Å². The van der Waals surface area contributed by atoms with Crippen LogP contribution in [0.25, 0.3) is 0 Å². The number of benzene rings is 1. The van der Waals surface area contributed by atoms with Crippen LogP contribution in [0.2, 0.25) is 0 Å². The van der Waals surface area contributed by atoms with Crippen molar-refractivity contribution in [1.29, 1.82) is 0 Å². The minimum absolute atomic E-state index is 0.219. The number of allylic oxidation sites excluding steroid dienone is 1. The van der Waals surface area contributed by atoms with Gasteiger partial charge in [0.1, 0.15) is 0 Å².